The van der Waals surface area contributed by atoms with Crippen LogP contribution in [0.15, 0.2) is 46.0 Å². The van der Waals surface area contributed by atoms with Crippen molar-refractivity contribution in [2.45, 2.75) is 213 Å². The van der Waals surface area contributed by atoms with Gasteiger partial charge in [0.25, 0.3) is 0 Å². The van der Waals surface area contributed by atoms with Gasteiger partial charge in [0, 0.05) is 26.2 Å². The van der Waals surface area contributed by atoms with Crippen molar-refractivity contribution in [3.8, 4) is 12.3 Å². The highest BCUT2D eigenvalue weighted by Gasteiger charge is 2.51. The number of esters is 2. The first-order chi connectivity index (χ1) is 53.7. The fraction of sp³-hybridized carbons (Fsp3) is 0.676. The van der Waals surface area contributed by atoms with Crippen molar-refractivity contribution in [2.24, 2.45) is 15.9 Å². The predicted octanol–water partition coefficient (Wildman–Crippen LogP) is 2.89. The molecule has 0 saturated carbocycles. The van der Waals surface area contributed by atoms with E-state index in [1.807, 2.05) is 0 Å². The Morgan fingerprint density at radius 3 is 1.44 bits per heavy atom. The van der Waals surface area contributed by atoms with Crippen molar-refractivity contribution >= 4 is 78.1 Å². The van der Waals surface area contributed by atoms with Gasteiger partial charge in [-0.2, -0.15) is 4.99 Å². The van der Waals surface area contributed by atoms with Crippen molar-refractivity contribution in [2.75, 3.05) is 93.5 Å². The monoisotopic (exact) mass is 1620 g/mol. The number of alkyl carbamates (subject to hydrolysis) is 3. The van der Waals surface area contributed by atoms with Crippen LogP contribution in [0.1, 0.15) is 121 Å². The van der Waals surface area contributed by atoms with Crippen molar-refractivity contribution < 1.29 is 138 Å². The van der Waals surface area contributed by atoms with Crippen molar-refractivity contribution in [3.63, 3.8) is 0 Å². The molecule has 6 heterocycles. The van der Waals surface area contributed by atoms with Crippen molar-refractivity contribution in [3.05, 3.63) is 47.5 Å². The summed E-state index contributed by atoms with van der Waals surface area (Å²) in [7, 11) is 2.16. The molecule has 114 heavy (non-hydrogen) atoms. The van der Waals surface area contributed by atoms with Crippen LogP contribution in [0, 0.1) is 18.3 Å². The highest BCUT2D eigenvalue weighted by Crippen LogP contribution is 2.34. The van der Waals surface area contributed by atoms with Crippen LogP contribution in [-0.2, 0) is 135 Å². The molecule has 43 nitrogen and oxygen atoms in total. The number of carbonyl (C=O) groups is 11. The van der Waals surface area contributed by atoms with E-state index in [1.165, 1.54) is 46.6 Å². The Morgan fingerprint density at radius 2 is 1.01 bits per heavy atom. The lowest BCUT2D eigenvalue weighted by atomic mass is 9.84. The first-order valence-electron chi connectivity index (χ1n) is 36.2. The summed E-state index contributed by atoms with van der Waals surface area (Å²) in [4.78, 5) is 156. The molecule has 0 bridgehead atoms. The number of ether oxygens (including phenoxy) is 18. The number of cyclic esters (lactones) is 4. The maximum absolute atomic E-state index is 14.4. The Hall–Kier alpha value is -10.8. The quantitative estimate of drug-likeness (QED) is 0.0163. The summed E-state index contributed by atoms with van der Waals surface area (Å²) in [5.74, 6) is -4.12. The Bertz CT molecular complexity index is 3770. The number of hydrogen-bond acceptors (Lipinski definition) is 34. The molecule has 2 fully saturated rings. The summed E-state index contributed by atoms with van der Waals surface area (Å²) in [6, 6.07) is -3.99. The van der Waals surface area contributed by atoms with E-state index in [0.29, 0.717) is 13.2 Å². The number of guanidine groups is 1. The first kappa shape index (κ1) is 92.1. The number of aliphatic imine (C=N–C) groups is 2. The van der Waals surface area contributed by atoms with Gasteiger partial charge in [0.05, 0.1) is 137 Å². The largest absolute Gasteiger partial charge is 0.508 e. The molecule has 2 aromatic heterocycles. The van der Waals surface area contributed by atoms with E-state index in [1.54, 1.807) is 83.1 Å². The average Bonchev–Trinajstić information content (AvgIpc) is 1.01. The number of amidine groups is 1. The van der Waals surface area contributed by atoms with E-state index >= 15 is 0 Å². The van der Waals surface area contributed by atoms with Crippen LogP contribution in [0.3, 0.4) is 0 Å². The molecule has 2 aromatic rings. The Labute approximate surface area is 657 Å². The summed E-state index contributed by atoms with van der Waals surface area (Å²) >= 11 is 0. The molecule has 2 saturated heterocycles. The average molecular weight is 1620 g/mol. The number of carbonyl (C=O) groups excluding carboxylic acids is 11. The maximum Gasteiger partial charge on any atom is 0.508 e. The molecule has 6 rings (SSSR count). The lowest BCUT2D eigenvalue weighted by Crippen LogP contribution is -2.60. The summed E-state index contributed by atoms with van der Waals surface area (Å²) < 4.78 is 103. The molecule has 0 aromatic carbocycles. The van der Waals surface area contributed by atoms with Crippen LogP contribution in [0.4, 0.5) is 28.8 Å². The highest BCUT2D eigenvalue weighted by atomic mass is 16.8. The molecule has 0 spiro atoms. The molecule has 632 valence electrons. The number of nitrogens with zero attached hydrogens (tertiary/aromatic N) is 9. The van der Waals surface area contributed by atoms with E-state index in [4.69, 9.17) is 91.7 Å². The van der Waals surface area contributed by atoms with E-state index < -0.39 is 180 Å². The third-order valence-electron chi connectivity index (χ3n) is 15.3. The molecule has 10 atom stereocenters. The van der Waals surface area contributed by atoms with Gasteiger partial charge in [-0.1, -0.05) is 16.3 Å². The van der Waals surface area contributed by atoms with E-state index in [2.05, 4.69) is 63.1 Å². The molecular formula is C71H104N14O29. The molecular weight excluding hydrogens is 1510 g/mol. The molecule has 4 aliphatic rings. The number of hydrogen-bond donors (Lipinski definition) is 5. The third kappa shape index (κ3) is 32.7. The van der Waals surface area contributed by atoms with Crippen molar-refractivity contribution in [1.29, 1.82) is 0 Å². The van der Waals surface area contributed by atoms with Gasteiger partial charge in [-0.3, -0.25) is 30.3 Å². The third-order valence-corrected chi connectivity index (χ3v) is 15.3. The first-order valence-corrected chi connectivity index (χ1v) is 36.2. The molecule has 0 radical (unpaired) electrons. The predicted molar refractivity (Wildman–Crippen MR) is 389 cm³/mol. The summed E-state index contributed by atoms with van der Waals surface area (Å²) in [5.41, 5.74) is -3.57. The zero-order chi connectivity index (χ0) is 84.1. The fourth-order valence-corrected chi connectivity index (χ4v) is 11.0. The minimum atomic E-state index is -1.51. The zero-order valence-corrected chi connectivity index (χ0v) is 66.8. The topological polar surface area (TPSA) is 503 Å². The second-order valence-electron chi connectivity index (χ2n) is 29.6. The smallest absolute Gasteiger partial charge is 0.478 e. The highest BCUT2D eigenvalue weighted by molar-refractivity contribution is 6.02. The maximum atomic E-state index is 14.4. The van der Waals surface area contributed by atoms with Crippen LogP contribution in [0.2, 0.25) is 0 Å². The number of rotatable bonds is 36. The van der Waals surface area contributed by atoms with Gasteiger partial charge in [-0.25, -0.2) is 52.7 Å². The van der Waals surface area contributed by atoms with Crippen LogP contribution < -0.4 is 26.6 Å². The number of nitrogens with one attached hydrogen (secondary N) is 5. The van der Waals surface area contributed by atoms with E-state index in [9.17, 15) is 52.7 Å². The SMILES string of the molecule is C#CCOCCOCCOCCOCCC(=O)N(Cc1cn(CCO[C@@H]([C@@H]2OC(C(=O)OC)=C[C@H](CC(=NC(=O)OC(C)(C)C)NC(=O)OC(C)(C)C)[C@H]2NC(C)=O)[C@H]2COC(=O)O2)nn1)Cc1cn(CCO[C@@H]([C@@H]2OC(C(=O)OC)=C[C@H](N=C(NC(=O)OC(C)(C)C)NC(=O)OC(C)(C)C)[C@H]2NC(C)=O)[C@H]2COC(=O)O2)nn1. The van der Waals surface area contributed by atoms with Gasteiger partial charge in [0.1, 0.15) is 77.8 Å². The standard InChI is InChI=1S/C71H104N14O29/c1-18-22-99-26-28-101-30-31-102-29-27-100-23-19-52(88)83(35-44-37-84(81-79-44)20-24-103-55(49-39-105-66(95)109-49)57-53(72-41(2)86)43(32-47(107-57)59(89)97-16)33-51(75-62(91)111-68(4,5)6)76-63(92)112-69(7,8)9)36-45-38-85(82-80-45)21-25-104-56(50-40-106-67(96)110-50)58-54(73-42(3)87)46(34-48(108-58)60(90)98-17)74-61(77-64(93)113-70(10,11)12)78-65(94)114-71(13,14)15/h1,32,34,37-38,43,46,49-50,53-58H,19-31,33,35-36,39-40H2,2-17H3,(H,72,86)(H,73,87)(H,75,76,91,92)(H2,74,77,78,93,94)/t43-,46+,49-,50-,53-,54-,55-,56-,57-,58-/m1/s1. The van der Waals surface area contributed by atoms with Crippen LogP contribution >= 0.6 is 0 Å². The van der Waals surface area contributed by atoms with E-state index in [-0.39, 0.29) is 109 Å². The Kier molecular flexibility index (Phi) is 35.1. The van der Waals surface area contributed by atoms with Crippen LogP contribution in [0.5, 0.6) is 0 Å². The molecule has 0 unspecified atom stereocenters. The molecule has 0 aliphatic carbocycles. The molecule has 5 N–H and O–H groups in total. The number of amides is 7. The second kappa shape index (κ2) is 43.4. The summed E-state index contributed by atoms with van der Waals surface area (Å²) in [5, 5.41) is 30.0. The normalized spacial score (nSPS) is 20.1. The number of terminal acetylenes is 1. The second-order valence-corrected chi connectivity index (χ2v) is 29.6. The Balaban J connectivity index is 1.25. The van der Waals surface area contributed by atoms with E-state index in [0.717, 1.165) is 20.3 Å². The summed E-state index contributed by atoms with van der Waals surface area (Å²) in [6.07, 6.45) is -4.46. The Morgan fingerprint density at radius 1 is 0.579 bits per heavy atom. The lowest BCUT2D eigenvalue weighted by molar-refractivity contribution is -0.153. The summed E-state index contributed by atoms with van der Waals surface area (Å²) in [6.45, 7) is 21.4. The van der Waals surface area contributed by atoms with Crippen LogP contribution in [-0.4, -0.2) is 284 Å². The number of aromatic nitrogens is 6. The fourth-order valence-electron chi connectivity index (χ4n) is 11.0. The lowest BCUT2D eigenvalue weighted by Gasteiger charge is -2.41. The van der Waals surface area contributed by atoms with Gasteiger partial charge in [0.2, 0.25) is 35.2 Å². The van der Waals surface area contributed by atoms with Gasteiger partial charge >= 0.3 is 48.6 Å². The molecule has 4 aliphatic heterocycles. The molecule has 43 heteroatoms. The van der Waals surface area contributed by atoms with Gasteiger partial charge in [-0.05, 0) is 95.2 Å². The zero-order valence-electron chi connectivity index (χ0n) is 66.8. The van der Waals surface area contributed by atoms with Gasteiger partial charge < -0.3 is 101 Å². The molecule has 7 amide bonds. The minimum absolute atomic E-state index is 0.0413. The van der Waals surface area contributed by atoms with Gasteiger partial charge in [-0.15, -0.1) is 16.6 Å². The minimum Gasteiger partial charge on any atom is -0.478 e. The number of methoxy groups -OCH3 is 2. The van der Waals surface area contributed by atoms with Gasteiger partial charge in [0.15, 0.2) is 18.3 Å². The van der Waals surface area contributed by atoms with Crippen LogP contribution in [0.25, 0.3) is 0 Å². The van der Waals surface area contributed by atoms with Crippen molar-refractivity contribution in [1.82, 2.24) is 61.5 Å².